The van der Waals surface area contributed by atoms with E-state index in [4.69, 9.17) is 5.11 Å². The number of rotatable bonds is 7. The van der Waals surface area contributed by atoms with Crippen LogP contribution >= 0.6 is 0 Å². The van der Waals surface area contributed by atoms with Crippen LogP contribution in [-0.4, -0.2) is 64.5 Å². The number of nitrogens with zero attached hydrogens (tertiary/aromatic N) is 2. The Labute approximate surface area is 126 Å². The number of carboxylic acid groups (broad SMARTS) is 1. The van der Waals surface area contributed by atoms with Gasteiger partial charge in [-0.15, -0.1) is 0 Å². The molecule has 0 aliphatic carbocycles. The third-order valence-corrected chi connectivity index (χ3v) is 3.08. The monoisotopic (exact) mass is 301 g/mol. The number of hydrogen-bond acceptors (Lipinski definition) is 3. The van der Waals surface area contributed by atoms with Gasteiger partial charge in [0.15, 0.2) is 0 Å². The SMILES string of the molecule is CCN(CC)C(=O)CCNC(=O)N(CC(=O)O)C(C)(C)C. The number of carbonyl (C=O) groups excluding carboxylic acids is 2. The first-order chi connectivity index (χ1) is 9.63. The minimum atomic E-state index is -1.07. The Morgan fingerprint density at radius 3 is 2.00 bits per heavy atom. The molecule has 0 aromatic rings. The molecule has 0 unspecified atom stereocenters. The predicted molar refractivity (Wildman–Crippen MR) is 80.0 cm³/mol. The smallest absolute Gasteiger partial charge is 0.323 e. The molecule has 7 nitrogen and oxygen atoms in total. The Morgan fingerprint density at radius 1 is 1.10 bits per heavy atom. The maximum atomic E-state index is 12.0. The first kappa shape index (κ1) is 19.2. The third kappa shape index (κ3) is 6.97. The van der Waals surface area contributed by atoms with Crippen LogP contribution in [0.5, 0.6) is 0 Å². The quantitative estimate of drug-likeness (QED) is 0.738. The van der Waals surface area contributed by atoms with Crippen molar-refractivity contribution >= 4 is 17.9 Å². The van der Waals surface area contributed by atoms with Crippen LogP contribution in [0.1, 0.15) is 41.0 Å². The van der Waals surface area contributed by atoms with E-state index in [2.05, 4.69) is 5.32 Å². The van der Waals surface area contributed by atoms with Gasteiger partial charge in [-0.2, -0.15) is 0 Å². The van der Waals surface area contributed by atoms with Gasteiger partial charge >= 0.3 is 12.0 Å². The van der Waals surface area contributed by atoms with Crippen LogP contribution in [0.3, 0.4) is 0 Å². The third-order valence-electron chi connectivity index (χ3n) is 3.08. The summed E-state index contributed by atoms with van der Waals surface area (Å²) in [5.74, 6) is -1.10. The summed E-state index contributed by atoms with van der Waals surface area (Å²) in [6.07, 6.45) is 0.207. The Balaban J connectivity index is 4.45. The van der Waals surface area contributed by atoms with Gasteiger partial charge in [-0.1, -0.05) is 0 Å². The number of carboxylic acids is 1. The molecule has 0 aromatic carbocycles. The average Bonchev–Trinajstić information content (AvgIpc) is 2.35. The number of aliphatic carboxylic acids is 1. The molecule has 0 rings (SSSR count). The van der Waals surface area contributed by atoms with Crippen molar-refractivity contribution in [2.24, 2.45) is 0 Å². The standard InChI is InChI=1S/C14H27N3O4/c1-6-16(7-2)11(18)8-9-15-13(21)17(10-12(19)20)14(3,4)5/h6-10H2,1-5H3,(H,15,21)(H,19,20). The lowest BCUT2D eigenvalue weighted by Gasteiger charge is -2.34. The normalized spacial score (nSPS) is 10.9. The Morgan fingerprint density at radius 2 is 1.62 bits per heavy atom. The van der Waals surface area contributed by atoms with Gasteiger partial charge in [0.05, 0.1) is 0 Å². The van der Waals surface area contributed by atoms with Crippen molar-refractivity contribution in [1.29, 1.82) is 0 Å². The zero-order chi connectivity index (χ0) is 16.6. The molecular weight excluding hydrogens is 274 g/mol. The average molecular weight is 301 g/mol. The highest BCUT2D eigenvalue weighted by Crippen LogP contribution is 2.12. The molecule has 0 saturated heterocycles. The molecule has 0 saturated carbocycles. The highest BCUT2D eigenvalue weighted by Gasteiger charge is 2.28. The lowest BCUT2D eigenvalue weighted by Crippen LogP contribution is -2.52. The zero-order valence-corrected chi connectivity index (χ0v) is 13.6. The summed E-state index contributed by atoms with van der Waals surface area (Å²) in [4.78, 5) is 37.6. The minimum Gasteiger partial charge on any atom is -0.480 e. The van der Waals surface area contributed by atoms with Crippen LogP contribution in [0.15, 0.2) is 0 Å². The molecule has 0 radical (unpaired) electrons. The van der Waals surface area contributed by atoms with Gasteiger partial charge in [-0.05, 0) is 34.6 Å². The first-order valence-electron chi connectivity index (χ1n) is 7.18. The van der Waals surface area contributed by atoms with Crippen LogP contribution in [-0.2, 0) is 9.59 Å². The topological polar surface area (TPSA) is 90.0 Å². The number of hydrogen-bond donors (Lipinski definition) is 2. The van der Waals surface area contributed by atoms with Crippen molar-refractivity contribution in [2.45, 2.75) is 46.6 Å². The van der Waals surface area contributed by atoms with Crippen molar-refractivity contribution in [1.82, 2.24) is 15.1 Å². The van der Waals surface area contributed by atoms with Crippen molar-refractivity contribution in [3.8, 4) is 0 Å². The summed E-state index contributed by atoms with van der Waals surface area (Å²) in [6.45, 7) is 10.2. The summed E-state index contributed by atoms with van der Waals surface area (Å²) in [6, 6.07) is -0.475. The van der Waals surface area contributed by atoms with Gasteiger partial charge in [0.2, 0.25) is 5.91 Å². The largest absolute Gasteiger partial charge is 0.480 e. The minimum absolute atomic E-state index is 0.0270. The molecule has 0 aliphatic rings. The predicted octanol–water partition coefficient (Wildman–Crippen LogP) is 1.14. The number of urea groups is 1. The number of nitrogens with one attached hydrogen (secondary N) is 1. The number of carbonyl (C=O) groups is 3. The van der Waals surface area contributed by atoms with Gasteiger partial charge in [0, 0.05) is 31.6 Å². The van der Waals surface area contributed by atoms with E-state index < -0.39 is 17.5 Å². The van der Waals surface area contributed by atoms with Gasteiger partial charge in [0.1, 0.15) is 6.54 Å². The van der Waals surface area contributed by atoms with E-state index in [1.807, 2.05) is 13.8 Å². The fraction of sp³-hybridized carbons (Fsp3) is 0.786. The van der Waals surface area contributed by atoms with Gasteiger partial charge in [-0.25, -0.2) is 4.79 Å². The van der Waals surface area contributed by atoms with Gasteiger partial charge in [-0.3, -0.25) is 9.59 Å². The van der Waals surface area contributed by atoms with E-state index in [1.165, 1.54) is 4.90 Å². The van der Waals surface area contributed by atoms with Crippen molar-refractivity contribution in [2.75, 3.05) is 26.2 Å². The first-order valence-corrected chi connectivity index (χ1v) is 7.18. The van der Waals surface area contributed by atoms with E-state index in [0.717, 1.165) is 0 Å². The lowest BCUT2D eigenvalue weighted by molar-refractivity contribution is -0.138. The molecule has 3 amide bonds. The molecule has 0 atom stereocenters. The van der Waals surface area contributed by atoms with Crippen LogP contribution in [0, 0.1) is 0 Å². The highest BCUT2D eigenvalue weighted by atomic mass is 16.4. The molecule has 7 heteroatoms. The van der Waals surface area contributed by atoms with Crippen LogP contribution in [0.2, 0.25) is 0 Å². The maximum Gasteiger partial charge on any atom is 0.323 e. The molecule has 122 valence electrons. The summed E-state index contributed by atoms with van der Waals surface area (Å²) in [7, 11) is 0. The van der Waals surface area contributed by atoms with E-state index in [0.29, 0.717) is 13.1 Å². The van der Waals surface area contributed by atoms with Crippen LogP contribution in [0.4, 0.5) is 4.79 Å². The summed E-state index contributed by atoms with van der Waals surface area (Å²) >= 11 is 0. The molecule has 0 bridgehead atoms. The maximum absolute atomic E-state index is 12.0. The van der Waals surface area contributed by atoms with Crippen LogP contribution < -0.4 is 5.32 Å². The summed E-state index contributed by atoms with van der Waals surface area (Å²) in [5.41, 5.74) is -0.606. The van der Waals surface area contributed by atoms with E-state index in [1.54, 1.807) is 25.7 Å². The summed E-state index contributed by atoms with van der Waals surface area (Å²) in [5, 5.41) is 11.5. The van der Waals surface area contributed by atoms with Crippen molar-refractivity contribution < 1.29 is 19.5 Å². The molecule has 21 heavy (non-hydrogen) atoms. The Kier molecular flexibility index (Phi) is 7.76. The lowest BCUT2D eigenvalue weighted by atomic mass is 10.1. The Bertz CT molecular complexity index is 373. The highest BCUT2D eigenvalue weighted by molar-refractivity contribution is 5.81. The number of amides is 3. The molecule has 2 N–H and O–H groups in total. The van der Waals surface area contributed by atoms with Crippen molar-refractivity contribution in [3.63, 3.8) is 0 Å². The molecular formula is C14H27N3O4. The molecule has 0 aliphatic heterocycles. The zero-order valence-electron chi connectivity index (χ0n) is 13.6. The van der Waals surface area contributed by atoms with Crippen LogP contribution in [0.25, 0.3) is 0 Å². The second kappa shape index (κ2) is 8.49. The Hall–Kier alpha value is -1.79. The second-order valence-corrected chi connectivity index (χ2v) is 5.70. The molecule has 0 aromatic heterocycles. The van der Waals surface area contributed by atoms with Crippen molar-refractivity contribution in [3.05, 3.63) is 0 Å². The molecule has 0 fully saturated rings. The van der Waals surface area contributed by atoms with Gasteiger partial charge in [0.25, 0.3) is 0 Å². The fourth-order valence-electron chi connectivity index (χ4n) is 1.86. The van der Waals surface area contributed by atoms with E-state index in [9.17, 15) is 14.4 Å². The van der Waals surface area contributed by atoms with Gasteiger partial charge < -0.3 is 20.2 Å². The summed E-state index contributed by atoms with van der Waals surface area (Å²) < 4.78 is 0. The molecule has 0 spiro atoms. The molecule has 0 heterocycles. The second-order valence-electron chi connectivity index (χ2n) is 5.70. The van der Waals surface area contributed by atoms with E-state index in [-0.39, 0.29) is 25.4 Å². The van der Waals surface area contributed by atoms with E-state index >= 15 is 0 Å². The fourth-order valence-corrected chi connectivity index (χ4v) is 1.86.